The third-order valence-corrected chi connectivity index (χ3v) is 4.09. The van der Waals surface area contributed by atoms with Crippen LogP contribution in [-0.4, -0.2) is 17.6 Å². The van der Waals surface area contributed by atoms with Crippen molar-refractivity contribution in [2.24, 2.45) is 0 Å². The molecule has 104 valence electrons. The molecule has 0 saturated heterocycles. The van der Waals surface area contributed by atoms with Crippen LogP contribution in [0.25, 0.3) is 0 Å². The number of carbonyl (C=O) groups excluding carboxylic acids is 1. The number of hydrogen-bond donors (Lipinski definition) is 2. The first kappa shape index (κ1) is 13.4. The summed E-state index contributed by atoms with van der Waals surface area (Å²) in [5.41, 5.74) is 1.06. The summed E-state index contributed by atoms with van der Waals surface area (Å²) < 4.78 is 5.69. The van der Waals surface area contributed by atoms with Crippen molar-refractivity contribution in [1.82, 2.24) is 5.32 Å². The van der Waals surface area contributed by atoms with Crippen molar-refractivity contribution in [1.29, 1.82) is 0 Å². The molecule has 3 rings (SSSR count). The number of furan rings is 1. The molecule has 1 atom stereocenters. The van der Waals surface area contributed by atoms with Gasteiger partial charge in [-0.3, -0.25) is 4.79 Å². The van der Waals surface area contributed by atoms with Crippen molar-refractivity contribution in [3.8, 4) is 0 Å². The first-order valence-electron chi connectivity index (χ1n) is 6.43. The van der Waals surface area contributed by atoms with Crippen molar-refractivity contribution >= 4 is 21.8 Å². The van der Waals surface area contributed by atoms with Gasteiger partial charge in [-0.1, -0.05) is 24.3 Å². The number of rotatable bonds is 3. The summed E-state index contributed by atoms with van der Waals surface area (Å²) in [7, 11) is 0. The van der Waals surface area contributed by atoms with Gasteiger partial charge in [0.2, 0.25) is 0 Å². The average Bonchev–Trinajstić information content (AvgIpc) is 3.02. The molecular weight excluding hydrogens is 322 g/mol. The zero-order valence-corrected chi connectivity index (χ0v) is 12.3. The second-order valence-electron chi connectivity index (χ2n) is 4.98. The van der Waals surface area contributed by atoms with Crippen LogP contribution in [0.4, 0.5) is 0 Å². The Labute approximate surface area is 124 Å². The highest BCUT2D eigenvalue weighted by Crippen LogP contribution is 2.36. The van der Waals surface area contributed by atoms with Crippen LogP contribution in [0, 0.1) is 0 Å². The Morgan fingerprint density at radius 2 is 2.15 bits per heavy atom. The quantitative estimate of drug-likeness (QED) is 0.906. The van der Waals surface area contributed by atoms with E-state index in [0.29, 0.717) is 11.1 Å². The number of nitrogens with one attached hydrogen (secondary N) is 1. The molecule has 0 unspecified atom stereocenters. The smallest absolute Gasteiger partial charge is 0.287 e. The molecule has 2 aromatic rings. The molecule has 1 aromatic carbocycles. The summed E-state index contributed by atoms with van der Waals surface area (Å²) in [6.45, 7) is 0.182. The van der Waals surface area contributed by atoms with E-state index in [4.69, 9.17) is 4.42 Å². The summed E-state index contributed by atoms with van der Waals surface area (Å²) in [4.78, 5) is 11.9. The Bertz CT molecular complexity index is 652. The van der Waals surface area contributed by atoms with Crippen molar-refractivity contribution in [3.05, 3.63) is 58.0 Å². The zero-order valence-electron chi connectivity index (χ0n) is 10.7. The largest absolute Gasteiger partial charge is 0.444 e. The number of amides is 1. The molecule has 0 saturated carbocycles. The summed E-state index contributed by atoms with van der Waals surface area (Å²) in [6, 6.07) is 11.0. The maximum atomic E-state index is 11.9. The fraction of sp³-hybridized carbons (Fsp3) is 0.267. The highest BCUT2D eigenvalue weighted by atomic mass is 79.9. The zero-order chi connectivity index (χ0) is 14.2. The molecule has 0 fully saturated rings. The fourth-order valence-electron chi connectivity index (χ4n) is 2.60. The third kappa shape index (κ3) is 2.39. The van der Waals surface area contributed by atoms with Crippen LogP contribution in [0.2, 0.25) is 0 Å². The third-order valence-electron chi connectivity index (χ3n) is 3.67. The van der Waals surface area contributed by atoms with E-state index in [1.165, 1.54) is 0 Å². The van der Waals surface area contributed by atoms with Gasteiger partial charge in [0.25, 0.3) is 5.91 Å². The molecular formula is C15H14BrNO3. The molecule has 1 amide bonds. The van der Waals surface area contributed by atoms with Gasteiger partial charge in [-0.05, 0) is 52.0 Å². The number of carbonyl (C=O) groups is 1. The standard InChI is InChI=1S/C15H14BrNO3/c16-13-6-5-12(20-13)14(18)17-9-15(19)8-7-10-3-1-2-4-11(10)15/h1-6,19H,7-9H2,(H,17,18)/t15-/m1/s1. The number of halogens is 1. The molecule has 4 nitrogen and oxygen atoms in total. The first-order chi connectivity index (χ1) is 9.58. The number of aryl methyl sites for hydroxylation is 1. The fourth-order valence-corrected chi connectivity index (χ4v) is 2.91. The predicted molar refractivity (Wildman–Crippen MR) is 77.4 cm³/mol. The van der Waals surface area contributed by atoms with E-state index in [2.05, 4.69) is 21.2 Å². The summed E-state index contributed by atoms with van der Waals surface area (Å²) >= 11 is 3.15. The van der Waals surface area contributed by atoms with Crippen LogP contribution in [0.1, 0.15) is 28.1 Å². The van der Waals surface area contributed by atoms with Crippen molar-refractivity contribution < 1.29 is 14.3 Å². The van der Waals surface area contributed by atoms with Crippen LogP contribution in [0.5, 0.6) is 0 Å². The highest BCUT2D eigenvalue weighted by molar-refractivity contribution is 9.10. The molecule has 1 heterocycles. The Morgan fingerprint density at radius 1 is 1.35 bits per heavy atom. The number of benzene rings is 1. The Hall–Kier alpha value is -1.59. The molecule has 0 bridgehead atoms. The average molecular weight is 336 g/mol. The van der Waals surface area contributed by atoms with Crippen molar-refractivity contribution in [3.63, 3.8) is 0 Å². The van der Waals surface area contributed by atoms with Gasteiger partial charge in [0, 0.05) is 0 Å². The Morgan fingerprint density at radius 3 is 2.90 bits per heavy atom. The van der Waals surface area contributed by atoms with Gasteiger partial charge in [-0.25, -0.2) is 0 Å². The van der Waals surface area contributed by atoms with Crippen LogP contribution in [0.15, 0.2) is 45.5 Å². The summed E-state index contributed by atoms with van der Waals surface area (Å²) in [5.74, 6) is -0.0970. The molecule has 1 aliphatic carbocycles. The van der Waals surface area contributed by atoms with Gasteiger partial charge >= 0.3 is 0 Å². The minimum Gasteiger partial charge on any atom is -0.444 e. The van der Waals surface area contributed by atoms with Gasteiger partial charge in [-0.2, -0.15) is 0 Å². The van der Waals surface area contributed by atoms with Crippen molar-refractivity contribution in [2.45, 2.75) is 18.4 Å². The van der Waals surface area contributed by atoms with E-state index in [1.807, 2.05) is 24.3 Å². The maximum absolute atomic E-state index is 11.9. The molecule has 1 aromatic heterocycles. The van der Waals surface area contributed by atoms with Crippen LogP contribution >= 0.6 is 15.9 Å². The van der Waals surface area contributed by atoms with Crippen LogP contribution in [-0.2, 0) is 12.0 Å². The Balaban J connectivity index is 1.71. The molecule has 0 radical (unpaired) electrons. The maximum Gasteiger partial charge on any atom is 0.287 e. The number of hydrogen-bond acceptors (Lipinski definition) is 3. The molecule has 0 aliphatic heterocycles. The van der Waals surface area contributed by atoms with E-state index >= 15 is 0 Å². The van der Waals surface area contributed by atoms with Gasteiger partial charge in [0.05, 0.1) is 6.54 Å². The lowest BCUT2D eigenvalue weighted by Crippen LogP contribution is -2.39. The lowest BCUT2D eigenvalue weighted by molar-refractivity contribution is 0.0364. The SMILES string of the molecule is O=C(NC[C@]1(O)CCc2ccccc21)c1ccc(Br)o1. The van der Waals surface area contributed by atoms with E-state index in [9.17, 15) is 9.90 Å². The lowest BCUT2D eigenvalue weighted by Gasteiger charge is -2.24. The summed E-state index contributed by atoms with van der Waals surface area (Å²) in [5, 5.41) is 13.4. The molecule has 20 heavy (non-hydrogen) atoms. The Kier molecular flexibility index (Phi) is 3.40. The van der Waals surface area contributed by atoms with Crippen LogP contribution < -0.4 is 5.32 Å². The van der Waals surface area contributed by atoms with Crippen LogP contribution in [0.3, 0.4) is 0 Å². The van der Waals surface area contributed by atoms with Crippen molar-refractivity contribution in [2.75, 3.05) is 6.54 Å². The number of aliphatic hydroxyl groups is 1. The van der Waals surface area contributed by atoms with E-state index < -0.39 is 5.60 Å². The first-order valence-corrected chi connectivity index (χ1v) is 7.22. The van der Waals surface area contributed by atoms with E-state index in [1.54, 1.807) is 12.1 Å². The molecule has 1 aliphatic rings. The van der Waals surface area contributed by atoms with Gasteiger partial charge in [-0.15, -0.1) is 0 Å². The predicted octanol–water partition coefficient (Wildman–Crippen LogP) is 2.61. The number of fused-ring (bicyclic) bond motifs is 1. The topological polar surface area (TPSA) is 62.5 Å². The molecule has 0 spiro atoms. The van der Waals surface area contributed by atoms with Gasteiger partial charge in [0.15, 0.2) is 10.4 Å². The van der Waals surface area contributed by atoms with E-state index in [-0.39, 0.29) is 18.2 Å². The minimum absolute atomic E-state index is 0.182. The normalized spacial score (nSPS) is 20.7. The van der Waals surface area contributed by atoms with Gasteiger partial charge in [0.1, 0.15) is 5.60 Å². The second kappa shape index (κ2) is 5.07. The molecule has 5 heteroatoms. The minimum atomic E-state index is -0.990. The molecule has 2 N–H and O–H groups in total. The van der Waals surface area contributed by atoms with Gasteiger partial charge < -0.3 is 14.8 Å². The second-order valence-corrected chi connectivity index (χ2v) is 5.76. The van der Waals surface area contributed by atoms with E-state index in [0.717, 1.165) is 17.5 Å². The lowest BCUT2D eigenvalue weighted by atomic mass is 9.96. The summed E-state index contributed by atoms with van der Waals surface area (Å²) in [6.07, 6.45) is 1.45. The highest BCUT2D eigenvalue weighted by Gasteiger charge is 2.36. The monoisotopic (exact) mass is 335 g/mol.